The molecular weight excluding hydrogens is 366 g/mol. The van der Waals surface area contributed by atoms with E-state index in [4.69, 9.17) is 9.47 Å². The van der Waals surface area contributed by atoms with Gasteiger partial charge in [-0.05, 0) is 48.6 Å². The van der Waals surface area contributed by atoms with Crippen LogP contribution in [0.5, 0.6) is 11.5 Å². The Balaban J connectivity index is 1.60. The van der Waals surface area contributed by atoms with E-state index in [0.717, 1.165) is 30.5 Å². The van der Waals surface area contributed by atoms with Crippen LogP contribution in [0, 0.1) is 0 Å². The van der Waals surface area contributed by atoms with E-state index in [9.17, 15) is 4.79 Å². The molecule has 3 aromatic rings. The standard InChI is InChI=1S/C23H25N3O3/c1-26-21(18-12-11-16(28-2)13-22(18)29-3)14-20(25-26)23(27)24-19-10-6-8-15-7-4-5-9-17(15)19/h4-5,7,9,11-14,19H,6,8,10H2,1-3H3,(H,24,27). The lowest BCUT2D eigenvalue weighted by atomic mass is 9.87. The summed E-state index contributed by atoms with van der Waals surface area (Å²) in [5, 5.41) is 7.61. The van der Waals surface area contributed by atoms with Crippen molar-refractivity contribution in [2.45, 2.75) is 25.3 Å². The number of rotatable bonds is 5. The van der Waals surface area contributed by atoms with Gasteiger partial charge in [-0.1, -0.05) is 24.3 Å². The third-order valence-corrected chi connectivity index (χ3v) is 5.47. The molecule has 1 amide bonds. The first-order valence-electron chi connectivity index (χ1n) is 9.76. The van der Waals surface area contributed by atoms with Crippen LogP contribution in [0.1, 0.15) is 40.5 Å². The minimum atomic E-state index is -0.166. The van der Waals surface area contributed by atoms with E-state index in [2.05, 4.69) is 28.6 Å². The van der Waals surface area contributed by atoms with Crippen molar-refractivity contribution >= 4 is 5.91 Å². The lowest BCUT2D eigenvalue weighted by Crippen LogP contribution is -2.31. The Morgan fingerprint density at radius 1 is 1.14 bits per heavy atom. The van der Waals surface area contributed by atoms with Crippen molar-refractivity contribution in [2.75, 3.05) is 14.2 Å². The normalized spacial score (nSPS) is 15.5. The molecule has 0 saturated heterocycles. The molecule has 150 valence electrons. The van der Waals surface area contributed by atoms with Crippen molar-refractivity contribution < 1.29 is 14.3 Å². The van der Waals surface area contributed by atoms with Gasteiger partial charge in [-0.25, -0.2) is 0 Å². The number of aryl methyl sites for hydroxylation is 2. The number of fused-ring (bicyclic) bond motifs is 1. The Morgan fingerprint density at radius 3 is 2.76 bits per heavy atom. The SMILES string of the molecule is COc1ccc(-c2cc(C(=O)NC3CCCc4ccccc43)nn2C)c(OC)c1. The van der Waals surface area contributed by atoms with E-state index < -0.39 is 0 Å². The van der Waals surface area contributed by atoms with Crippen LogP contribution in [0.2, 0.25) is 0 Å². The summed E-state index contributed by atoms with van der Waals surface area (Å²) in [7, 11) is 5.05. The minimum absolute atomic E-state index is 0.0217. The quantitative estimate of drug-likeness (QED) is 0.716. The molecule has 1 unspecified atom stereocenters. The van der Waals surface area contributed by atoms with E-state index >= 15 is 0 Å². The van der Waals surface area contributed by atoms with E-state index in [0.29, 0.717) is 17.2 Å². The molecule has 0 spiro atoms. The number of methoxy groups -OCH3 is 2. The van der Waals surface area contributed by atoms with Gasteiger partial charge < -0.3 is 14.8 Å². The number of amides is 1. The third kappa shape index (κ3) is 3.70. The van der Waals surface area contributed by atoms with Gasteiger partial charge in [0.1, 0.15) is 11.5 Å². The van der Waals surface area contributed by atoms with Gasteiger partial charge in [0, 0.05) is 18.7 Å². The molecular formula is C23H25N3O3. The molecule has 0 fully saturated rings. The van der Waals surface area contributed by atoms with E-state index in [1.165, 1.54) is 11.1 Å². The van der Waals surface area contributed by atoms with Crippen molar-refractivity contribution in [1.82, 2.24) is 15.1 Å². The van der Waals surface area contributed by atoms with Gasteiger partial charge >= 0.3 is 0 Å². The second kappa shape index (κ2) is 7.99. The molecule has 1 N–H and O–H groups in total. The summed E-state index contributed by atoms with van der Waals surface area (Å²) in [6.45, 7) is 0. The first-order valence-corrected chi connectivity index (χ1v) is 9.76. The van der Waals surface area contributed by atoms with Crippen molar-refractivity contribution in [3.8, 4) is 22.8 Å². The summed E-state index contributed by atoms with van der Waals surface area (Å²) < 4.78 is 12.5. The Labute approximate surface area is 170 Å². The maximum Gasteiger partial charge on any atom is 0.272 e. The molecule has 6 heteroatoms. The number of carbonyl (C=O) groups excluding carboxylic acids is 1. The highest BCUT2D eigenvalue weighted by Gasteiger charge is 2.24. The van der Waals surface area contributed by atoms with E-state index in [1.54, 1.807) is 25.0 Å². The summed E-state index contributed by atoms with van der Waals surface area (Å²) >= 11 is 0. The van der Waals surface area contributed by atoms with Crippen LogP contribution in [0.25, 0.3) is 11.3 Å². The Kier molecular flexibility index (Phi) is 5.25. The minimum Gasteiger partial charge on any atom is -0.497 e. The predicted octanol–water partition coefficient (Wildman–Crippen LogP) is 3.91. The zero-order valence-electron chi connectivity index (χ0n) is 16.9. The van der Waals surface area contributed by atoms with Crippen LogP contribution >= 0.6 is 0 Å². The first kappa shape index (κ1) is 19.1. The maximum absolute atomic E-state index is 12.9. The summed E-state index contributed by atoms with van der Waals surface area (Å²) in [6, 6.07) is 15.7. The van der Waals surface area contributed by atoms with Crippen molar-refractivity contribution in [3.05, 3.63) is 65.4 Å². The molecule has 1 heterocycles. The monoisotopic (exact) mass is 391 g/mol. The molecule has 1 aromatic heterocycles. The highest BCUT2D eigenvalue weighted by Crippen LogP contribution is 2.34. The summed E-state index contributed by atoms with van der Waals surface area (Å²) in [4.78, 5) is 12.9. The fourth-order valence-electron chi connectivity index (χ4n) is 3.98. The highest BCUT2D eigenvalue weighted by molar-refractivity contribution is 5.94. The molecule has 0 aliphatic heterocycles. The van der Waals surface area contributed by atoms with Crippen LogP contribution in [-0.2, 0) is 13.5 Å². The van der Waals surface area contributed by atoms with Crippen molar-refractivity contribution in [3.63, 3.8) is 0 Å². The predicted molar refractivity (Wildman–Crippen MR) is 111 cm³/mol. The number of aromatic nitrogens is 2. The zero-order chi connectivity index (χ0) is 20.4. The number of nitrogens with zero attached hydrogens (tertiary/aromatic N) is 2. The lowest BCUT2D eigenvalue weighted by molar-refractivity contribution is 0.0927. The molecule has 1 atom stereocenters. The number of nitrogens with one attached hydrogen (secondary N) is 1. The Bertz CT molecular complexity index is 1040. The van der Waals surface area contributed by atoms with Crippen LogP contribution in [-0.4, -0.2) is 29.9 Å². The van der Waals surface area contributed by atoms with E-state index in [-0.39, 0.29) is 11.9 Å². The van der Waals surface area contributed by atoms with Crippen LogP contribution in [0.15, 0.2) is 48.5 Å². The zero-order valence-corrected chi connectivity index (χ0v) is 16.9. The number of hydrogen-bond donors (Lipinski definition) is 1. The van der Waals surface area contributed by atoms with Crippen LogP contribution < -0.4 is 14.8 Å². The van der Waals surface area contributed by atoms with Crippen LogP contribution in [0.3, 0.4) is 0 Å². The van der Waals surface area contributed by atoms with Gasteiger partial charge in [0.2, 0.25) is 0 Å². The molecule has 0 bridgehead atoms. The van der Waals surface area contributed by atoms with Crippen molar-refractivity contribution in [1.29, 1.82) is 0 Å². The largest absolute Gasteiger partial charge is 0.497 e. The smallest absolute Gasteiger partial charge is 0.272 e. The second-order valence-electron chi connectivity index (χ2n) is 7.22. The van der Waals surface area contributed by atoms with Crippen molar-refractivity contribution in [2.24, 2.45) is 7.05 Å². The molecule has 6 nitrogen and oxygen atoms in total. The summed E-state index contributed by atoms with van der Waals surface area (Å²) in [6.07, 6.45) is 3.07. The maximum atomic E-state index is 12.9. The van der Waals surface area contributed by atoms with Gasteiger partial charge in [-0.15, -0.1) is 0 Å². The molecule has 1 aliphatic carbocycles. The lowest BCUT2D eigenvalue weighted by Gasteiger charge is -2.26. The highest BCUT2D eigenvalue weighted by atomic mass is 16.5. The molecule has 2 aromatic carbocycles. The molecule has 29 heavy (non-hydrogen) atoms. The number of carbonyl (C=O) groups is 1. The van der Waals surface area contributed by atoms with Gasteiger partial charge in [0.05, 0.1) is 26.0 Å². The fourth-order valence-corrected chi connectivity index (χ4v) is 3.98. The molecule has 4 rings (SSSR count). The summed E-state index contributed by atoms with van der Waals surface area (Å²) in [5.74, 6) is 1.21. The molecule has 0 radical (unpaired) electrons. The molecule has 1 aliphatic rings. The Morgan fingerprint density at radius 2 is 1.97 bits per heavy atom. The number of hydrogen-bond acceptors (Lipinski definition) is 4. The van der Waals surface area contributed by atoms with Gasteiger partial charge in [0.15, 0.2) is 5.69 Å². The van der Waals surface area contributed by atoms with E-state index in [1.807, 2.05) is 31.3 Å². The first-order chi connectivity index (χ1) is 14.1. The Hall–Kier alpha value is -3.28. The third-order valence-electron chi connectivity index (χ3n) is 5.47. The number of ether oxygens (including phenoxy) is 2. The summed E-state index contributed by atoms with van der Waals surface area (Å²) in [5.41, 5.74) is 4.57. The number of benzene rings is 2. The molecule has 0 saturated carbocycles. The second-order valence-corrected chi connectivity index (χ2v) is 7.22. The van der Waals surface area contributed by atoms with Crippen LogP contribution in [0.4, 0.5) is 0 Å². The topological polar surface area (TPSA) is 65.4 Å². The van der Waals surface area contributed by atoms with Gasteiger partial charge in [0.25, 0.3) is 5.91 Å². The van der Waals surface area contributed by atoms with Gasteiger partial charge in [-0.2, -0.15) is 5.10 Å². The van der Waals surface area contributed by atoms with Gasteiger partial charge in [-0.3, -0.25) is 9.48 Å². The average molecular weight is 391 g/mol. The average Bonchev–Trinajstić information content (AvgIpc) is 3.15. The fraction of sp³-hybridized carbons (Fsp3) is 0.304.